The van der Waals surface area contributed by atoms with Crippen LogP contribution in [0.25, 0.3) is 0 Å². The Morgan fingerprint density at radius 1 is 1.00 bits per heavy atom. The van der Waals surface area contributed by atoms with Crippen LogP contribution in [0.4, 0.5) is 5.69 Å². The molecule has 0 aromatic heterocycles. The van der Waals surface area contributed by atoms with Gasteiger partial charge in [0.1, 0.15) is 12.4 Å². The van der Waals surface area contributed by atoms with Gasteiger partial charge < -0.3 is 9.64 Å². The van der Waals surface area contributed by atoms with Gasteiger partial charge in [0.15, 0.2) is 0 Å². The Labute approximate surface area is 162 Å². The largest absolute Gasteiger partial charge is 0.492 e. The second-order valence-electron chi connectivity index (χ2n) is 6.69. The molecular formula is C22H28N2OS. The molecule has 0 radical (unpaired) electrons. The van der Waals surface area contributed by atoms with Gasteiger partial charge in [-0.25, -0.2) is 0 Å². The van der Waals surface area contributed by atoms with E-state index in [1.54, 1.807) is 0 Å². The monoisotopic (exact) mass is 368 g/mol. The second kappa shape index (κ2) is 9.70. The number of hydrogen-bond donors (Lipinski definition) is 1. The molecule has 3 nitrogen and oxygen atoms in total. The van der Waals surface area contributed by atoms with Gasteiger partial charge in [-0.15, -0.1) is 6.58 Å². The van der Waals surface area contributed by atoms with Gasteiger partial charge in [0.25, 0.3) is 0 Å². The van der Waals surface area contributed by atoms with E-state index in [4.69, 9.17) is 17.4 Å². The Balaban J connectivity index is 1.43. The van der Waals surface area contributed by atoms with E-state index in [2.05, 4.69) is 52.8 Å². The van der Waals surface area contributed by atoms with E-state index in [-0.39, 0.29) is 5.25 Å². The van der Waals surface area contributed by atoms with Crippen molar-refractivity contribution in [2.24, 2.45) is 0 Å². The summed E-state index contributed by atoms with van der Waals surface area (Å²) in [6.45, 7) is 9.65. The smallest absolute Gasteiger partial charge is 0.122 e. The molecule has 1 atom stereocenters. The van der Waals surface area contributed by atoms with Crippen LogP contribution in [0.15, 0.2) is 67.3 Å². The van der Waals surface area contributed by atoms with Crippen molar-refractivity contribution in [1.82, 2.24) is 4.90 Å². The topological polar surface area (TPSA) is 15.7 Å². The van der Waals surface area contributed by atoms with Gasteiger partial charge in [0, 0.05) is 43.7 Å². The van der Waals surface area contributed by atoms with Crippen molar-refractivity contribution in [3.63, 3.8) is 0 Å². The number of thiol groups is 1. The van der Waals surface area contributed by atoms with E-state index in [9.17, 15) is 0 Å². The Morgan fingerprint density at radius 3 is 2.42 bits per heavy atom. The fraction of sp³-hybridized carbons (Fsp3) is 0.364. The molecule has 138 valence electrons. The molecule has 1 aliphatic heterocycles. The number of hydrogen-bond acceptors (Lipinski definition) is 4. The molecule has 0 spiro atoms. The van der Waals surface area contributed by atoms with Crippen LogP contribution in [0, 0.1) is 0 Å². The van der Waals surface area contributed by atoms with E-state index in [0.717, 1.165) is 44.9 Å². The van der Waals surface area contributed by atoms with Gasteiger partial charge in [-0.1, -0.05) is 42.5 Å². The summed E-state index contributed by atoms with van der Waals surface area (Å²) in [6, 6.07) is 18.8. The standard InChI is InChI=1S/C22H28N2OS/c1-2-8-19-9-6-7-12-22(19)25-18-21(26)17-23-13-15-24(16-14-23)20-10-4-3-5-11-20/h2-7,9-12,21,26H,1,8,13-18H2/t21-/m1/s1. The van der Waals surface area contributed by atoms with Crippen LogP contribution in [0.2, 0.25) is 0 Å². The van der Waals surface area contributed by atoms with Crippen molar-refractivity contribution in [1.29, 1.82) is 0 Å². The lowest BCUT2D eigenvalue weighted by molar-refractivity contribution is 0.230. The lowest BCUT2D eigenvalue weighted by Crippen LogP contribution is -2.48. The highest BCUT2D eigenvalue weighted by atomic mass is 32.1. The predicted molar refractivity (Wildman–Crippen MR) is 114 cm³/mol. The van der Waals surface area contributed by atoms with Crippen LogP contribution in [-0.2, 0) is 6.42 Å². The molecule has 2 aromatic carbocycles. The lowest BCUT2D eigenvalue weighted by atomic mass is 10.1. The first-order valence-electron chi connectivity index (χ1n) is 9.28. The van der Waals surface area contributed by atoms with Crippen molar-refractivity contribution in [2.75, 3.05) is 44.2 Å². The molecule has 0 amide bonds. The number of piperazine rings is 1. The molecule has 4 heteroatoms. The first-order chi connectivity index (χ1) is 12.8. The first-order valence-corrected chi connectivity index (χ1v) is 9.80. The quantitative estimate of drug-likeness (QED) is 0.562. The molecule has 2 aromatic rings. The Bertz CT molecular complexity index is 684. The van der Waals surface area contributed by atoms with E-state index < -0.39 is 0 Å². The number of anilines is 1. The Hall–Kier alpha value is -1.91. The van der Waals surface area contributed by atoms with Crippen molar-refractivity contribution < 1.29 is 4.74 Å². The number of nitrogens with zero attached hydrogens (tertiary/aromatic N) is 2. The number of allylic oxidation sites excluding steroid dienone is 1. The van der Waals surface area contributed by atoms with Crippen molar-refractivity contribution in [3.05, 3.63) is 72.8 Å². The highest BCUT2D eigenvalue weighted by molar-refractivity contribution is 7.81. The van der Waals surface area contributed by atoms with E-state index >= 15 is 0 Å². The van der Waals surface area contributed by atoms with Crippen LogP contribution in [0.5, 0.6) is 5.75 Å². The zero-order chi connectivity index (χ0) is 18.2. The third-order valence-electron chi connectivity index (χ3n) is 4.73. The summed E-state index contributed by atoms with van der Waals surface area (Å²) < 4.78 is 6.02. The molecule has 1 saturated heterocycles. The Kier molecular flexibility index (Phi) is 7.04. The minimum Gasteiger partial charge on any atom is -0.492 e. The molecule has 0 N–H and O–H groups in total. The average molecular weight is 369 g/mol. The maximum atomic E-state index is 6.02. The summed E-state index contributed by atoms with van der Waals surface area (Å²) in [5.41, 5.74) is 2.50. The van der Waals surface area contributed by atoms with Crippen molar-refractivity contribution >= 4 is 18.3 Å². The van der Waals surface area contributed by atoms with E-state index in [1.165, 1.54) is 11.3 Å². The van der Waals surface area contributed by atoms with Crippen LogP contribution in [0.3, 0.4) is 0 Å². The summed E-state index contributed by atoms with van der Waals surface area (Å²) in [4.78, 5) is 4.93. The molecule has 0 unspecified atom stereocenters. The molecule has 1 fully saturated rings. The summed E-state index contributed by atoms with van der Waals surface area (Å²) in [5.74, 6) is 0.945. The lowest BCUT2D eigenvalue weighted by Gasteiger charge is -2.37. The molecule has 0 bridgehead atoms. The van der Waals surface area contributed by atoms with Gasteiger partial charge in [0.05, 0.1) is 0 Å². The molecule has 0 saturated carbocycles. The minimum atomic E-state index is 0.204. The molecular weight excluding hydrogens is 340 g/mol. The fourth-order valence-corrected chi connectivity index (χ4v) is 3.64. The number of rotatable bonds is 8. The molecule has 3 rings (SSSR count). The third-order valence-corrected chi connectivity index (χ3v) is 5.04. The highest BCUT2D eigenvalue weighted by Gasteiger charge is 2.19. The van der Waals surface area contributed by atoms with Crippen LogP contribution < -0.4 is 9.64 Å². The maximum Gasteiger partial charge on any atom is 0.122 e. The normalized spacial score (nSPS) is 16.3. The molecule has 0 aliphatic carbocycles. The zero-order valence-electron chi connectivity index (χ0n) is 15.3. The number of benzene rings is 2. The third kappa shape index (κ3) is 5.29. The van der Waals surface area contributed by atoms with Gasteiger partial charge in [0.2, 0.25) is 0 Å². The second-order valence-corrected chi connectivity index (χ2v) is 7.42. The fourth-order valence-electron chi connectivity index (χ4n) is 3.33. The predicted octanol–water partition coefficient (Wildman–Crippen LogP) is 3.91. The van der Waals surface area contributed by atoms with Gasteiger partial charge in [-0.2, -0.15) is 12.6 Å². The molecule has 1 aliphatic rings. The summed E-state index contributed by atoms with van der Waals surface area (Å²) in [7, 11) is 0. The van der Waals surface area contributed by atoms with Crippen LogP contribution in [-0.4, -0.2) is 49.5 Å². The van der Waals surface area contributed by atoms with E-state index in [1.807, 2.05) is 24.3 Å². The highest BCUT2D eigenvalue weighted by Crippen LogP contribution is 2.20. The number of ether oxygens (including phenoxy) is 1. The summed E-state index contributed by atoms with van der Waals surface area (Å²) in [6.07, 6.45) is 2.74. The van der Waals surface area contributed by atoms with Crippen molar-refractivity contribution in [2.45, 2.75) is 11.7 Å². The van der Waals surface area contributed by atoms with Crippen molar-refractivity contribution in [3.8, 4) is 5.75 Å². The van der Waals surface area contributed by atoms with Crippen LogP contribution in [0.1, 0.15) is 5.56 Å². The van der Waals surface area contributed by atoms with Gasteiger partial charge in [-0.05, 0) is 30.2 Å². The average Bonchev–Trinajstić information content (AvgIpc) is 2.69. The Morgan fingerprint density at radius 2 is 1.69 bits per heavy atom. The SMILES string of the molecule is C=CCc1ccccc1OC[C@H](S)CN1CCN(c2ccccc2)CC1. The van der Waals surface area contributed by atoms with Gasteiger partial charge >= 0.3 is 0 Å². The maximum absolute atomic E-state index is 6.02. The zero-order valence-corrected chi connectivity index (χ0v) is 16.2. The summed E-state index contributed by atoms with van der Waals surface area (Å²) in [5, 5.41) is 0.204. The minimum absolute atomic E-state index is 0.204. The molecule has 1 heterocycles. The van der Waals surface area contributed by atoms with E-state index in [0.29, 0.717) is 6.61 Å². The van der Waals surface area contributed by atoms with Gasteiger partial charge in [-0.3, -0.25) is 4.90 Å². The van der Waals surface area contributed by atoms with Crippen LogP contribution >= 0.6 is 12.6 Å². The first kappa shape index (κ1) is 18.9. The molecule has 26 heavy (non-hydrogen) atoms. The number of para-hydroxylation sites is 2. The summed E-state index contributed by atoms with van der Waals surface area (Å²) >= 11 is 4.75.